The molecule has 0 nitrogen and oxygen atoms in total. The monoisotopic (exact) mass is 421 g/mol. The SMILES string of the molecule is C1=CCC2CC[CH-]C2=C1.C1=CCC2CC[CH-]C2=C1.C[Si](C)=[Zr].[Cl-]. The van der Waals surface area contributed by atoms with Crippen LogP contribution in [0.1, 0.15) is 38.5 Å². The molecular formula is C20H28ClSiZr-3. The first-order valence-corrected chi connectivity index (χ1v) is 14.8. The number of hydrogen-bond acceptors (Lipinski definition) is 0. The molecule has 126 valence electrons. The first-order chi connectivity index (χ1) is 10.7. The predicted molar refractivity (Wildman–Crippen MR) is 95.2 cm³/mol. The van der Waals surface area contributed by atoms with Crippen LogP contribution in [0.25, 0.3) is 0 Å². The van der Waals surface area contributed by atoms with Crippen molar-refractivity contribution in [2.45, 2.75) is 51.6 Å². The molecule has 0 spiro atoms. The normalized spacial score (nSPS) is 25.4. The number of rotatable bonds is 0. The van der Waals surface area contributed by atoms with Crippen molar-refractivity contribution in [2.24, 2.45) is 11.8 Å². The zero-order chi connectivity index (χ0) is 15.8. The van der Waals surface area contributed by atoms with Crippen molar-refractivity contribution in [2.75, 3.05) is 0 Å². The van der Waals surface area contributed by atoms with Crippen LogP contribution in [-0.4, -0.2) is 5.43 Å². The molecule has 4 aliphatic rings. The molecule has 4 aliphatic carbocycles. The average molecular weight is 423 g/mol. The molecular weight excluding hydrogens is 395 g/mol. The standard InChI is InChI=1S/2C9H11.C2H6Si.ClH.Zr/c2*1-2-5-9-7-3-6-8(9)4-1;1-3-2;;/h2*1-2,4,6,9H,3,5,7H2;1-2H3;1H;/q2*-1;;;/p-1. The third-order valence-corrected chi connectivity index (χ3v) is 4.42. The molecule has 0 aromatic heterocycles. The second kappa shape index (κ2) is 11.6. The Balaban J connectivity index is 0.000000182. The van der Waals surface area contributed by atoms with Crippen molar-refractivity contribution in [1.82, 2.24) is 0 Å². The van der Waals surface area contributed by atoms with Crippen molar-refractivity contribution in [3.8, 4) is 0 Å². The van der Waals surface area contributed by atoms with Crippen LogP contribution in [0, 0.1) is 24.7 Å². The summed E-state index contributed by atoms with van der Waals surface area (Å²) in [5, 5.41) is 0. The van der Waals surface area contributed by atoms with E-state index in [0.717, 1.165) is 11.8 Å². The summed E-state index contributed by atoms with van der Waals surface area (Å²) in [6.45, 7) is 4.62. The van der Waals surface area contributed by atoms with Gasteiger partial charge in [-0.05, 0) is 24.7 Å². The smallest absolute Gasteiger partial charge is 1.00 e. The maximum absolute atomic E-state index is 2.37. The van der Waals surface area contributed by atoms with Gasteiger partial charge in [-0.2, -0.15) is 0 Å². The van der Waals surface area contributed by atoms with Crippen molar-refractivity contribution in [1.29, 1.82) is 0 Å². The van der Waals surface area contributed by atoms with E-state index in [4.69, 9.17) is 0 Å². The van der Waals surface area contributed by atoms with Crippen LogP contribution >= 0.6 is 0 Å². The molecule has 0 bridgehead atoms. The summed E-state index contributed by atoms with van der Waals surface area (Å²) in [5.41, 5.74) is 3.37. The van der Waals surface area contributed by atoms with Gasteiger partial charge in [0.2, 0.25) is 0 Å². The van der Waals surface area contributed by atoms with Gasteiger partial charge in [0.15, 0.2) is 0 Å². The van der Waals surface area contributed by atoms with E-state index < -0.39 is 0 Å². The summed E-state index contributed by atoms with van der Waals surface area (Å²) in [6.07, 6.45) is 26.1. The van der Waals surface area contributed by atoms with E-state index in [-0.39, 0.29) is 17.8 Å². The van der Waals surface area contributed by atoms with E-state index in [1.807, 2.05) is 0 Å². The van der Waals surface area contributed by atoms with Gasteiger partial charge in [-0.1, -0.05) is 12.8 Å². The second-order valence-electron chi connectivity index (χ2n) is 6.62. The van der Waals surface area contributed by atoms with E-state index in [1.54, 1.807) is 34.5 Å². The Morgan fingerprint density at radius 1 is 0.913 bits per heavy atom. The zero-order valence-electron chi connectivity index (χ0n) is 14.4. The summed E-state index contributed by atoms with van der Waals surface area (Å²) < 4.78 is 0. The summed E-state index contributed by atoms with van der Waals surface area (Å²) in [4.78, 5) is 0. The van der Waals surface area contributed by atoms with Crippen molar-refractivity contribution in [3.05, 3.63) is 60.4 Å². The van der Waals surface area contributed by atoms with E-state index in [0.29, 0.717) is 0 Å². The molecule has 0 saturated heterocycles. The van der Waals surface area contributed by atoms with E-state index in [2.05, 4.69) is 62.4 Å². The van der Waals surface area contributed by atoms with Crippen LogP contribution in [0.15, 0.2) is 47.6 Å². The minimum Gasteiger partial charge on any atom is -1.00 e. The minimum atomic E-state index is 0. The van der Waals surface area contributed by atoms with Crippen molar-refractivity contribution >= 4 is 5.43 Å². The maximum atomic E-state index is 2.37. The van der Waals surface area contributed by atoms with Gasteiger partial charge in [-0.25, -0.2) is 36.1 Å². The molecule has 0 heterocycles. The first kappa shape index (κ1) is 21.1. The molecule has 4 rings (SSSR count). The molecule has 0 amide bonds. The molecule has 2 atom stereocenters. The fourth-order valence-electron chi connectivity index (χ4n) is 3.33. The third kappa shape index (κ3) is 7.67. The van der Waals surface area contributed by atoms with Gasteiger partial charge in [-0.15, -0.1) is 37.1 Å². The fourth-order valence-corrected chi connectivity index (χ4v) is 3.33. The Bertz CT molecular complexity index is 458. The Kier molecular flexibility index (Phi) is 10.7. The van der Waals surface area contributed by atoms with Gasteiger partial charge in [0.05, 0.1) is 0 Å². The zero-order valence-corrected chi connectivity index (χ0v) is 18.6. The van der Waals surface area contributed by atoms with E-state index in [1.165, 1.54) is 38.5 Å². The molecule has 2 unspecified atom stereocenters. The number of halogens is 1. The van der Waals surface area contributed by atoms with Crippen molar-refractivity contribution in [3.63, 3.8) is 0 Å². The third-order valence-electron chi connectivity index (χ3n) is 4.42. The number of hydrogen-bond donors (Lipinski definition) is 0. The van der Waals surface area contributed by atoms with Crippen LogP contribution in [0.2, 0.25) is 13.1 Å². The van der Waals surface area contributed by atoms with Gasteiger partial charge in [-0.3, -0.25) is 0 Å². The average Bonchev–Trinajstić information content (AvgIpc) is 3.16. The predicted octanol–water partition coefficient (Wildman–Crippen LogP) is 2.76. The van der Waals surface area contributed by atoms with Crippen LogP contribution in [0.4, 0.5) is 0 Å². The van der Waals surface area contributed by atoms with E-state index in [9.17, 15) is 0 Å². The summed E-state index contributed by atoms with van der Waals surface area (Å²) >= 11 is 1.74. The van der Waals surface area contributed by atoms with Gasteiger partial charge < -0.3 is 12.4 Å². The molecule has 0 aliphatic heterocycles. The van der Waals surface area contributed by atoms with Gasteiger partial charge >= 0.3 is 41.9 Å². The summed E-state index contributed by atoms with van der Waals surface area (Å²) in [7, 11) is 0. The maximum Gasteiger partial charge on any atom is -1.00 e. The first-order valence-electron chi connectivity index (χ1n) is 8.58. The summed E-state index contributed by atoms with van der Waals surface area (Å²) in [5.74, 6) is 1.77. The summed E-state index contributed by atoms with van der Waals surface area (Å²) in [6, 6.07) is 0. The quantitative estimate of drug-likeness (QED) is 0.416. The van der Waals surface area contributed by atoms with Crippen LogP contribution in [-0.2, 0) is 23.3 Å². The molecule has 0 aromatic carbocycles. The van der Waals surface area contributed by atoms with Gasteiger partial charge in [0, 0.05) is 0 Å². The van der Waals surface area contributed by atoms with Crippen molar-refractivity contribution < 1.29 is 35.7 Å². The number of fused-ring (bicyclic) bond motifs is 2. The molecule has 2 saturated carbocycles. The minimum absolute atomic E-state index is 0. The number of allylic oxidation sites excluding steroid dienone is 8. The Labute approximate surface area is 164 Å². The molecule has 23 heavy (non-hydrogen) atoms. The van der Waals surface area contributed by atoms with Gasteiger partial charge in [0.1, 0.15) is 0 Å². The molecule has 0 aromatic rings. The van der Waals surface area contributed by atoms with E-state index >= 15 is 0 Å². The molecule has 3 heteroatoms. The largest absolute Gasteiger partial charge is 1.00 e. The fraction of sp³-hybridized carbons (Fsp3) is 0.500. The molecule has 0 N–H and O–H groups in total. The molecule has 2 fully saturated rings. The Morgan fingerprint density at radius 3 is 1.65 bits per heavy atom. The van der Waals surface area contributed by atoms with Crippen LogP contribution in [0.3, 0.4) is 0 Å². The Hall–Kier alpha value is 0.0900. The Morgan fingerprint density at radius 2 is 1.30 bits per heavy atom. The second-order valence-corrected chi connectivity index (χ2v) is 16.0. The topological polar surface area (TPSA) is 0 Å². The van der Waals surface area contributed by atoms with Gasteiger partial charge in [0.25, 0.3) is 0 Å². The van der Waals surface area contributed by atoms with Crippen LogP contribution < -0.4 is 12.4 Å². The van der Waals surface area contributed by atoms with Crippen LogP contribution in [0.5, 0.6) is 0 Å². The molecule has 0 radical (unpaired) electrons.